The number of benzene rings is 1. The summed E-state index contributed by atoms with van der Waals surface area (Å²) < 4.78 is 0. The van der Waals surface area contributed by atoms with Crippen LogP contribution in [0.3, 0.4) is 0 Å². The maximum absolute atomic E-state index is 11.7. The van der Waals surface area contributed by atoms with E-state index in [1.807, 2.05) is 0 Å². The fourth-order valence-electron chi connectivity index (χ4n) is 1.71. The van der Waals surface area contributed by atoms with Gasteiger partial charge < -0.3 is 0 Å². The Hall–Kier alpha value is -1.35. The standard InChI is InChI=1S/C11H10ClNO2/c1-13-10(14)6-9(11(13)15)7-2-4-8(12)5-3-7/h2-5,9H,6H2,1H3/t9-/m1/s1. The number of likely N-dealkylation sites (tertiary alicyclic amines) is 1. The van der Waals surface area contributed by atoms with Crippen LogP contribution < -0.4 is 0 Å². The molecule has 0 bridgehead atoms. The molecule has 0 unspecified atom stereocenters. The average Bonchev–Trinajstić information content (AvgIpc) is 2.47. The van der Waals surface area contributed by atoms with Crippen molar-refractivity contribution in [2.75, 3.05) is 7.05 Å². The molecule has 0 radical (unpaired) electrons. The van der Waals surface area contributed by atoms with E-state index in [2.05, 4.69) is 0 Å². The lowest BCUT2D eigenvalue weighted by Crippen LogP contribution is -2.25. The largest absolute Gasteiger partial charge is 0.285 e. The van der Waals surface area contributed by atoms with Gasteiger partial charge in [0.05, 0.1) is 5.92 Å². The van der Waals surface area contributed by atoms with Crippen molar-refractivity contribution in [3.8, 4) is 0 Å². The molecule has 15 heavy (non-hydrogen) atoms. The van der Waals surface area contributed by atoms with Gasteiger partial charge in [0.2, 0.25) is 11.8 Å². The summed E-state index contributed by atoms with van der Waals surface area (Å²) >= 11 is 5.75. The van der Waals surface area contributed by atoms with Crippen LogP contribution in [0.4, 0.5) is 0 Å². The van der Waals surface area contributed by atoms with E-state index < -0.39 is 0 Å². The van der Waals surface area contributed by atoms with Crippen molar-refractivity contribution in [1.82, 2.24) is 4.90 Å². The quantitative estimate of drug-likeness (QED) is 0.681. The van der Waals surface area contributed by atoms with Crippen LogP contribution in [0.2, 0.25) is 5.02 Å². The minimum Gasteiger partial charge on any atom is -0.285 e. The third kappa shape index (κ3) is 1.75. The van der Waals surface area contributed by atoms with Gasteiger partial charge in [0.25, 0.3) is 0 Å². The number of nitrogens with zero attached hydrogens (tertiary/aromatic N) is 1. The highest BCUT2D eigenvalue weighted by molar-refractivity contribution is 6.30. The predicted molar refractivity (Wildman–Crippen MR) is 56.6 cm³/mol. The molecule has 3 nitrogen and oxygen atoms in total. The second-order valence-electron chi connectivity index (χ2n) is 3.60. The third-order valence-corrected chi connectivity index (χ3v) is 2.91. The second kappa shape index (κ2) is 3.66. The monoisotopic (exact) mass is 223 g/mol. The van der Waals surface area contributed by atoms with Gasteiger partial charge in [0.15, 0.2) is 0 Å². The fraction of sp³-hybridized carbons (Fsp3) is 0.273. The smallest absolute Gasteiger partial charge is 0.236 e. The summed E-state index contributed by atoms with van der Waals surface area (Å²) in [6.45, 7) is 0. The van der Waals surface area contributed by atoms with Gasteiger partial charge in [-0.2, -0.15) is 0 Å². The molecule has 1 aliphatic heterocycles. The molecule has 1 aromatic rings. The molecular weight excluding hydrogens is 214 g/mol. The van der Waals surface area contributed by atoms with Gasteiger partial charge in [0.1, 0.15) is 0 Å². The first-order valence-corrected chi connectivity index (χ1v) is 5.03. The Morgan fingerprint density at radius 1 is 1.27 bits per heavy atom. The van der Waals surface area contributed by atoms with E-state index in [4.69, 9.17) is 11.6 Å². The zero-order valence-electron chi connectivity index (χ0n) is 8.24. The molecule has 0 spiro atoms. The zero-order valence-corrected chi connectivity index (χ0v) is 8.99. The number of amides is 2. The van der Waals surface area contributed by atoms with E-state index in [1.54, 1.807) is 24.3 Å². The van der Waals surface area contributed by atoms with Gasteiger partial charge in [0, 0.05) is 18.5 Å². The van der Waals surface area contributed by atoms with Gasteiger partial charge in [-0.1, -0.05) is 23.7 Å². The number of carbonyl (C=O) groups excluding carboxylic acids is 2. The normalized spacial score (nSPS) is 21.2. The number of halogens is 1. The van der Waals surface area contributed by atoms with Crippen molar-refractivity contribution < 1.29 is 9.59 Å². The minimum absolute atomic E-state index is 0.125. The van der Waals surface area contributed by atoms with Crippen LogP contribution in [-0.2, 0) is 9.59 Å². The Balaban J connectivity index is 2.29. The van der Waals surface area contributed by atoms with Gasteiger partial charge >= 0.3 is 0 Å². The molecular formula is C11H10ClNO2. The highest BCUT2D eigenvalue weighted by Crippen LogP contribution is 2.29. The Bertz CT molecular complexity index is 413. The molecule has 0 aliphatic carbocycles. The van der Waals surface area contributed by atoms with Crippen LogP contribution in [0.5, 0.6) is 0 Å². The summed E-state index contributed by atoms with van der Waals surface area (Å²) in [4.78, 5) is 24.2. The fourth-order valence-corrected chi connectivity index (χ4v) is 1.84. The Morgan fingerprint density at radius 3 is 2.33 bits per heavy atom. The molecule has 1 saturated heterocycles. The first-order valence-electron chi connectivity index (χ1n) is 4.65. The van der Waals surface area contributed by atoms with Crippen molar-refractivity contribution in [2.45, 2.75) is 12.3 Å². The third-order valence-electron chi connectivity index (χ3n) is 2.65. The van der Waals surface area contributed by atoms with Crippen molar-refractivity contribution in [3.63, 3.8) is 0 Å². The first kappa shape index (κ1) is 10.2. The summed E-state index contributed by atoms with van der Waals surface area (Å²) in [5.41, 5.74) is 0.849. The van der Waals surface area contributed by atoms with Gasteiger partial charge in [-0.25, -0.2) is 0 Å². The summed E-state index contributed by atoms with van der Waals surface area (Å²) in [7, 11) is 1.51. The number of rotatable bonds is 1. The SMILES string of the molecule is CN1C(=O)C[C@H](c2ccc(Cl)cc2)C1=O. The highest BCUT2D eigenvalue weighted by Gasteiger charge is 2.36. The number of likely N-dealkylation sites (N-methyl/N-ethyl adjacent to an activating group) is 1. The molecule has 4 heteroatoms. The summed E-state index contributed by atoms with van der Waals surface area (Å²) in [5, 5.41) is 0.629. The second-order valence-corrected chi connectivity index (χ2v) is 4.04. The molecule has 1 aliphatic rings. The van der Waals surface area contributed by atoms with Gasteiger partial charge in [-0.3, -0.25) is 14.5 Å². The van der Waals surface area contributed by atoms with Crippen molar-refractivity contribution in [3.05, 3.63) is 34.9 Å². The highest BCUT2D eigenvalue weighted by atomic mass is 35.5. The van der Waals surface area contributed by atoms with Crippen molar-refractivity contribution in [1.29, 1.82) is 0 Å². The van der Waals surface area contributed by atoms with Gasteiger partial charge in [-0.15, -0.1) is 0 Å². The van der Waals surface area contributed by atoms with Crippen LogP contribution in [0.1, 0.15) is 17.9 Å². The van der Waals surface area contributed by atoms with Crippen LogP contribution in [0.15, 0.2) is 24.3 Å². The first-order chi connectivity index (χ1) is 7.09. The summed E-state index contributed by atoms with van der Waals surface area (Å²) in [6.07, 6.45) is 0.261. The summed E-state index contributed by atoms with van der Waals surface area (Å²) in [5.74, 6) is -0.595. The predicted octanol–water partition coefficient (Wildman–Crippen LogP) is 1.81. The van der Waals surface area contributed by atoms with Crippen LogP contribution in [0, 0.1) is 0 Å². The van der Waals surface area contributed by atoms with Crippen molar-refractivity contribution in [2.24, 2.45) is 0 Å². The molecule has 1 heterocycles. The van der Waals surface area contributed by atoms with Gasteiger partial charge in [-0.05, 0) is 17.7 Å². The van der Waals surface area contributed by atoms with E-state index in [0.717, 1.165) is 5.56 Å². The topological polar surface area (TPSA) is 37.4 Å². The zero-order chi connectivity index (χ0) is 11.0. The number of carbonyl (C=O) groups is 2. The molecule has 2 rings (SSSR count). The maximum Gasteiger partial charge on any atom is 0.236 e. The lowest BCUT2D eigenvalue weighted by Gasteiger charge is -2.08. The minimum atomic E-state index is -0.334. The van der Waals surface area contributed by atoms with Crippen LogP contribution >= 0.6 is 11.6 Å². The van der Waals surface area contributed by atoms with E-state index in [1.165, 1.54) is 11.9 Å². The Morgan fingerprint density at radius 2 is 1.87 bits per heavy atom. The number of hydrogen-bond acceptors (Lipinski definition) is 2. The lowest BCUT2D eigenvalue weighted by atomic mass is 9.98. The molecule has 1 fully saturated rings. The maximum atomic E-state index is 11.7. The molecule has 0 saturated carbocycles. The molecule has 1 aromatic carbocycles. The Kier molecular flexibility index (Phi) is 2.49. The van der Waals surface area contributed by atoms with E-state index >= 15 is 0 Å². The van der Waals surface area contributed by atoms with Crippen molar-refractivity contribution >= 4 is 23.4 Å². The molecule has 2 amide bonds. The van der Waals surface area contributed by atoms with E-state index in [9.17, 15) is 9.59 Å². The average molecular weight is 224 g/mol. The molecule has 1 atom stereocenters. The van der Waals surface area contributed by atoms with Crippen LogP contribution in [-0.4, -0.2) is 23.8 Å². The number of hydrogen-bond donors (Lipinski definition) is 0. The number of imide groups is 1. The molecule has 0 aromatic heterocycles. The Labute approximate surface area is 92.6 Å². The molecule has 0 N–H and O–H groups in total. The van der Waals surface area contributed by atoms with Crippen LogP contribution in [0.25, 0.3) is 0 Å². The van der Waals surface area contributed by atoms with E-state index in [0.29, 0.717) is 5.02 Å². The lowest BCUT2D eigenvalue weighted by molar-refractivity contribution is -0.137. The summed E-state index contributed by atoms with van der Waals surface area (Å²) in [6, 6.07) is 7.04. The van der Waals surface area contributed by atoms with E-state index in [-0.39, 0.29) is 24.2 Å². The molecule has 78 valence electrons.